The molecule has 0 bridgehead atoms. The van der Waals surface area contributed by atoms with Crippen LogP contribution in [0.25, 0.3) is 10.9 Å². The van der Waals surface area contributed by atoms with E-state index in [1.54, 1.807) is 42.5 Å². The zero-order chi connectivity index (χ0) is 35.5. The van der Waals surface area contributed by atoms with Crippen molar-refractivity contribution < 1.29 is 40.6 Å². The van der Waals surface area contributed by atoms with Crippen LogP contribution >= 0.6 is 0 Å². The molecule has 1 N–H and O–H groups in total. The van der Waals surface area contributed by atoms with E-state index < -0.39 is 22.8 Å². The number of benzene rings is 3. The lowest BCUT2D eigenvalue weighted by Crippen LogP contribution is -2.48. The third kappa shape index (κ3) is 8.29. The molecule has 3 aromatic carbocycles. The molecule has 3 heterocycles. The monoisotopic (exact) mass is 709 g/mol. The van der Waals surface area contributed by atoms with Gasteiger partial charge in [-0.1, -0.05) is 18.2 Å². The van der Waals surface area contributed by atoms with Gasteiger partial charge in [-0.15, -0.1) is 0 Å². The van der Waals surface area contributed by atoms with Crippen LogP contribution in [0.1, 0.15) is 16.1 Å². The normalized spacial score (nSPS) is 14.1. The Balaban J connectivity index is 1.04. The summed E-state index contributed by atoms with van der Waals surface area (Å²) in [4.78, 5) is 21.8. The molecule has 1 amide bonds. The summed E-state index contributed by atoms with van der Waals surface area (Å²) in [6, 6.07) is 23.1. The smallest absolute Gasteiger partial charge is 0.422 e. The molecule has 0 aliphatic carbocycles. The van der Waals surface area contributed by atoms with Gasteiger partial charge in [-0.2, -0.15) is 13.2 Å². The zero-order valence-electron chi connectivity index (χ0n) is 27.2. The molecule has 1 aliphatic rings. The van der Waals surface area contributed by atoms with E-state index in [1.807, 2.05) is 34.7 Å². The van der Waals surface area contributed by atoms with Crippen LogP contribution in [0.3, 0.4) is 0 Å². The van der Waals surface area contributed by atoms with Gasteiger partial charge in [0.1, 0.15) is 22.9 Å². The number of fused-ring (bicyclic) bond motifs is 1. The van der Waals surface area contributed by atoms with E-state index in [4.69, 9.17) is 14.2 Å². The van der Waals surface area contributed by atoms with Gasteiger partial charge in [-0.25, -0.2) is 13.4 Å². The Morgan fingerprint density at radius 2 is 1.64 bits per heavy atom. The van der Waals surface area contributed by atoms with E-state index in [0.29, 0.717) is 49.9 Å². The van der Waals surface area contributed by atoms with Crippen molar-refractivity contribution in [1.29, 1.82) is 0 Å². The number of aryl methyl sites for hydroxylation is 1. The van der Waals surface area contributed by atoms with Gasteiger partial charge in [0.05, 0.1) is 29.4 Å². The van der Waals surface area contributed by atoms with Crippen molar-refractivity contribution in [3.63, 3.8) is 0 Å². The summed E-state index contributed by atoms with van der Waals surface area (Å²) in [6.07, 6.45) is -3.03. The summed E-state index contributed by atoms with van der Waals surface area (Å²) in [6.45, 7) is 1.62. The lowest BCUT2D eigenvalue weighted by Gasteiger charge is -2.34. The first-order chi connectivity index (χ1) is 23.9. The Kier molecular flexibility index (Phi) is 9.88. The minimum absolute atomic E-state index is 0.0521. The summed E-state index contributed by atoms with van der Waals surface area (Å²) in [7, 11) is -0.582. The Hall–Kier alpha value is -5.28. The Labute approximate surface area is 286 Å². The first-order valence-electron chi connectivity index (χ1n) is 15.6. The van der Waals surface area contributed by atoms with Gasteiger partial charge in [0.15, 0.2) is 6.61 Å². The number of nitrogens with zero attached hydrogens (tertiary/aromatic N) is 4. The topological polar surface area (TPSA) is 115 Å². The molecule has 50 heavy (non-hydrogen) atoms. The van der Waals surface area contributed by atoms with Crippen molar-refractivity contribution in [2.75, 3.05) is 44.6 Å². The molecule has 0 spiro atoms. The number of rotatable bonds is 11. The van der Waals surface area contributed by atoms with Crippen LogP contribution in [0.4, 0.5) is 18.9 Å². The number of pyridine rings is 1. The van der Waals surface area contributed by atoms with E-state index >= 15 is 0 Å². The van der Waals surface area contributed by atoms with E-state index in [0.717, 1.165) is 16.5 Å². The van der Waals surface area contributed by atoms with Crippen LogP contribution in [0.15, 0.2) is 96.0 Å². The minimum Gasteiger partial charge on any atom is -0.497 e. The maximum absolute atomic E-state index is 13.6. The average molecular weight is 710 g/mol. The molecule has 5 aromatic rings. The molecule has 1 fully saturated rings. The number of anilines is 1. The predicted molar refractivity (Wildman–Crippen MR) is 180 cm³/mol. The molecule has 1 aliphatic heterocycles. The van der Waals surface area contributed by atoms with Crippen molar-refractivity contribution in [1.82, 2.24) is 19.4 Å². The summed E-state index contributed by atoms with van der Waals surface area (Å²) in [5, 5.41) is 0.861. The van der Waals surface area contributed by atoms with Gasteiger partial charge >= 0.3 is 6.18 Å². The molecular formula is C35H34F3N5O6S. The van der Waals surface area contributed by atoms with Crippen LogP contribution in [0.5, 0.6) is 23.1 Å². The molecule has 6 rings (SSSR count). The van der Waals surface area contributed by atoms with Crippen molar-refractivity contribution in [3.8, 4) is 23.1 Å². The number of carbonyl (C=O) groups excluding carboxylic acids is 1. The second kappa shape index (κ2) is 14.3. The number of aromatic nitrogens is 2. The van der Waals surface area contributed by atoms with Crippen LogP contribution in [0.2, 0.25) is 0 Å². The maximum atomic E-state index is 13.6. The average Bonchev–Trinajstić information content (AvgIpc) is 3.43. The summed E-state index contributed by atoms with van der Waals surface area (Å²) in [5.74, 6) is 1.23. The lowest BCUT2D eigenvalue weighted by molar-refractivity contribution is -0.153. The van der Waals surface area contributed by atoms with E-state index in [-0.39, 0.29) is 28.1 Å². The molecule has 15 heteroatoms. The number of alkyl halides is 3. The number of methoxy groups -OCH3 is 1. The van der Waals surface area contributed by atoms with Crippen LogP contribution in [0, 0.1) is 0 Å². The first-order valence-corrected chi connectivity index (χ1v) is 17.1. The lowest BCUT2D eigenvalue weighted by atomic mass is 10.2. The standard InChI is InChI=1S/C35H34F3N5O6S/c1-41-31-20-29(49-33-13-9-26(21-39-33)40-50(45,46)30-5-3-4-28(19-30)47-2)12-8-25(31)18-32(41)34(44)43-16-14-42(15-17-43)22-24-6-10-27(11-7-24)48-23-35(36,37)38/h3-13,18-21,40H,14-17,22-23H2,1-2H3. The van der Waals surface area contributed by atoms with Crippen molar-refractivity contribution in [3.05, 3.63) is 102 Å². The van der Waals surface area contributed by atoms with E-state index in [2.05, 4.69) is 14.6 Å². The largest absolute Gasteiger partial charge is 0.497 e. The van der Waals surface area contributed by atoms with Gasteiger partial charge in [0.25, 0.3) is 15.9 Å². The van der Waals surface area contributed by atoms with Gasteiger partial charge < -0.3 is 23.7 Å². The number of ether oxygens (including phenoxy) is 3. The first kappa shape index (κ1) is 34.6. The van der Waals surface area contributed by atoms with E-state index in [1.165, 1.54) is 37.6 Å². The number of halogens is 3. The molecule has 11 nitrogen and oxygen atoms in total. The highest BCUT2D eigenvalue weighted by atomic mass is 32.2. The molecule has 0 atom stereocenters. The molecule has 0 unspecified atom stereocenters. The van der Waals surface area contributed by atoms with Gasteiger partial charge in [-0.05, 0) is 54.1 Å². The van der Waals surface area contributed by atoms with Gasteiger partial charge in [0, 0.05) is 63.4 Å². The molecule has 0 saturated carbocycles. The summed E-state index contributed by atoms with van der Waals surface area (Å²) < 4.78 is 83.0. The van der Waals surface area contributed by atoms with Gasteiger partial charge in [0.2, 0.25) is 5.88 Å². The molecule has 1 saturated heterocycles. The number of nitrogens with one attached hydrogen (secondary N) is 1. The number of piperazine rings is 1. The molecular weight excluding hydrogens is 675 g/mol. The number of hydrogen-bond acceptors (Lipinski definition) is 8. The molecule has 262 valence electrons. The number of sulfonamides is 1. The SMILES string of the molecule is COc1cccc(S(=O)(=O)Nc2ccc(Oc3ccc4cc(C(=O)N5CCN(Cc6ccc(OCC(F)(F)F)cc6)CC5)n(C)c4c3)nc2)c1. The zero-order valence-corrected chi connectivity index (χ0v) is 28.0. The highest BCUT2D eigenvalue weighted by Crippen LogP contribution is 2.29. The maximum Gasteiger partial charge on any atom is 0.422 e. The Bertz CT molecular complexity index is 2080. The number of hydrogen-bond donors (Lipinski definition) is 1. The van der Waals surface area contributed by atoms with Crippen LogP contribution < -0.4 is 18.9 Å². The fourth-order valence-corrected chi connectivity index (χ4v) is 6.65. The van der Waals surface area contributed by atoms with Crippen molar-refractivity contribution in [2.24, 2.45) is 7.05 Å². The molecule has 0 radical (unpaired) electrons. The quantitative estimate of drug-likeness (QED) is 0.176. The summed E-state index contributed by atoms with van der Waals surface area (Å²) in [5.41, 5.74) is 2.52. The number of amides is 1. The predicted octanol–water partition coefficient (Wildman–Crippen LogP) is 6.07. The minimum atomic E-state index is -4.39. The second-order valence-corrected chi connectivity index (χ2v) is 13.4. The highest BCUT2D eigenvalue weighted by molar-refractivity contribution is 7.92. The second-order valence-electron chi connectivity index (χ2n) is 11.7. The summed E-state index contributed by atoms with van der Waals surface area (Å²) >= 11 is 0. The Morgan fingerprint density at radius 1 is 0.900 bits per heavy atom. The number of carbonyl (C=O) groups is 1. The fraction of sp³-hybridized carbons (Fsp3) is 0.257. The van der Waals surface area contributed by atoms with Crippen LogP contribution in [-0.4, -0.2) is 79.7 Å². The van der Waals surface area contributed by atoms with Crippen molar-refractivity contribution >= 4 is 32.5 Å². The van der Waals surface area contributed by atoms with Crippen molar-refractivity contribution in [2.45, 2.75) is 17.6 Å². The third-order valence-electron chi connectivity index (χ3n) is 8.19. The molecule has 2 aromatic heterocycles. The Morgan fingerprint density at radius 3 is 2.32 bits per heavy atom. The highest BCUT2D eigenvalue weighted by Gasteiger charge is 2.28. The van der Waals surface area contributed by atoms with E-state index in [9.17, 15) is 26.4 Å². The van der Waals surface area contributed by atoms with Gasteiger partial charge in [-0.3, -0.25) is 14.4 Å². The third-order valence-corrected chi connectivity index (χ3v) is 9.57. The van der Waals surface area contributed by atoms with Crippen LogP contribution in [-0.2, 0) is 23.6 Å². The fourth-order valence-electron chi connectivity index (χ4n) is 5.57.